The van der Waals surface area contributed by atoms with E-state index in [0.717, 1.165) is 29.7 Å². The van der Waals surface area contributed by atoms with Gasteiger partial charge in [-0.3, -0.25) is 0 Å². The van der Waals surface area contributed by atoms with Crippen molar-refractivity contribution in [2.75, 3.05) is 32.5 Å². The van der Waals surface area contributed by atoms with Crippen molar-refractivity contribution < 1.29 is 0 Å². The molecule has 0 aliphatic rings. The molecule has 0 aromatic carbocycles. The van der Waals surface area contributed by atoms with E-state index >= 15 is 0 Å². The number of aryl methyl sites for hydroxylation is 1. The van der Waals surface area contributed by atoms with Crippen molar-refractivity contribution in [2.24, 2.45) is 0 Å². The largest absolute Gasteiger partial charge is 0.354 e. The first-order chi connectivity index (χ1) is 8.56. The fourth-order valence-electron chi connectivity index (χ4n) is 1.68. The standard InChI is InChI=1S/C12H17ClN4S/c1-8-7-9-10(13)15-12(16-11(9)18-8)14-5-4-6-17(2)3/h7H,4-6H2,1-3H3,(H,14,15,16). The number of hydrogen-bond donors (Lipinski definition) is 1. The third-order valence-electron chi connectivity index (χ3n) is 2.53. The number of nitrogens with zero attached hydrogens (tertiary/aromatic N) is 3. The molecule has 0 aliphatic carbocycles. The second kappa shape index (κ2) is 5.82. The summed E-state index contributed by atoms with van der Waals surface area (Å²) in [5.74, 6) is 0.619. The number of fused-ring (bicyclic) bond motifs is 1. The summed E-state index contributed by atoms with van der Waals surface area (Å²) in [7, 11) is 4.13. The highest BCUT2D eigenvalue weighted by atomic mass is 35.5. The van der Waals surface area contributed by atoms with E-state index in [4.69, 9.17) is 11.6 Å². The molecule has 0 spiro atoms. The third kappa shape index (κ3) is 3.31. The maximum Gasteiger partial charge on any atom is 0.225 e. The first-order valence-corrected chi connectivity index (χ1v) is 7.08. The Bertz CT molecular complexity index is 538. The molecule has 0 fully saturated rings. The topological polar surface area (TPSA) is 41.1 Å². The highest BCUT2D eigenvalue weighted by Crippen LogP contribution is 2.29. The van der Waals surface area contributed by atoms with Gasteiger partial charge < -0.3 is 10.2 Å². The summed E-state index contributed by atoms with van der Waals surface area (Å²) < 4.78 is 0. The van der Waals surface area contributed by atoms with Crippen LogP contribution in [0.3, 0.4) is 0 Å². The molecule has 0 saturated heterocycles. The van der Waals surface area contributed by atoms with Gasteiger partial charge in [0, 0.05) is 16.8 Å². The molecule has 6 heteroatoms. The van der Waals surface area contributed by atoms with Gasteiger partial charge in [-0.2, -0.15) is 0 Å². The molecule has 0 amide bonds. The van der Waals surface area contributed by atoms with Crippen molar-refractivity contribution in [3.05, 3.63) is 16.1 Å². The molecule has 2 heterocycles. The first kappa shape index (κ1) is 13.5. The molecular weight excluding hydrogens is 268 g/mol. The van der Waals surface area contributed by atoms with E-state index in [0.29, 0.717) is 11.1 Å². The Morgan fingerprint density at radius 1 is 1.39 bits per heavy atom. The zero-order chi connectivity index (χ0) is 13.1. The van der Waals surface area contributed by atoms with Crippen molar-refractivity contribution in [2.45, 2.75) is 13.3 Å². The summed E-state index contributed by atoms with van der Waals surface area (Å²) in [4.78, 5) is 13.0. The highest BCUT2D eigenvalue weighted by Gasteiger charge is 2.08. The van der Waals surface area contributed by atoms with Crippen molar-refractivity contribution in [1.29, 1.82) is 0 Å². The zero-order valence-electron chi connectivity index (χ0n) is 10.8. The van der Waals surface area contributed by atoms with E-state index in [1.54, 1.807) is 11.3 Å². The van der Waals surface area contributed by atoms with E-state index in [1.165, 1.54) is 4.88 Å². The first-order valence-electron chi connectivity index (χ1n) is 5.88. The monoisotopic (exact) mass is 284 g/mol. The van der Waals surface area contributed by atoms with Gasteiger partial charge in [-0.15, -0.1) is 11.3 Å². The summed E-state index contributed by atoms with van der Waals surface area (Å²) in [5.41, 5.74) is 0. The van der Waals surface area contributed by atoms with Gasteiger partial charge in [-0.05, 0) is 40.1 Å². The lowest BCUT2D eigenvalue weighted by Gasteiger charge is -2.09. The van der Waals surface area contributed by atoms with E-state index in [2.05, 4.69) is 34.3 Å². The molecular formula is C12H17ClN4S. The normalized spacial score (nSPS) is 11.4. The number of halogens is 1. The summed E-state index contributed by atoms with van der Waals surface area (Å²) in [6, 6.07) is 2.03. The number of aromatic nitrogens is 2. The molecule has 0 saturated carbocycles. The minimum Gasteiger partial charge on any atom is -0.354 e. The van der Waals surface area contributed by atoms with Crippen LogP contribution in [0.2, 0.25) is 5.15 Å². The van der Waals surface area contributed by atoms with Gasteiger partial charge in [-0.25, -0.2) is 9.97 Å². The van der Waals surface area contributed by atoms with Gasteiger partial charge in [-0.1, -0.05) is 11.6 Å². The van der Waals surface area contributed by atoms with Crippen LogP contribution in [0.25, 0.3) is 10.2 Å². The molecule has 2 rings (SSSR count). The van der Waals surface area contributed by atoms with E-state index in [1.807, 2.05) is 13.0 Å². The Kier molecular flexibility index (Phi) is 4.37. The Morgan fingerprint density at radius 2 is 2.17 bits per heavy atom. The SMILES string of the molecule is Cc1cc2c(Cl)nc(NCCCN(C)C)nc2s1. The molecule has 2 aromatic heterocycles. The number of hydrogen-bond acceptors (Lipinski definition) is 5. The van der Waals surface area contributed by atoms with Gasteiger partial charge in [0.1, 0.15) is 9.98 Å². The van der Waals surface area contributed by atoms with Crippen molar-refractivity contribution in [1.82, 2.24) is 14.9 Å². The molecule has 0 radical (unpaired) electrons. The second-order valence-electron chi connectivity index (χ2n) is 4.50. The van der Waals surface area contributed by atoms with Crippen LogP contribution in [0.15, 0.2) is 6.07 Å². The lowest BCUT2D eigenvalue weighted by atomic mass is 10.4. The minimum atomic E-state index is 0.527. The summed E-state index contributed by atoms with van der Waals surface area (Å²) in [6.07, 6.45) is 1.05. The molecule has 0 bridgehead atoms. The number of rotatable bonds is 5. The Balaban J connectivity index is 2.05. The predicted octanol–water partition coefficient (Wildman–Crippen LogP) is 3.02. The van der Waals surface area contributed by atoms with Crippen LogP contribution < -0.4 is 5.32 Å². The summed E-state index contributed by atoms with van der Waals surface area (Å²) in [5, 5.41) is 4.69. The van der Waals surface area contributed by atoms with Crippen LogP contribution in [0, 0.1) is 6.92 Å². The van der Waals surface area contributed by atoms with Gasteiger partial charge >= 0.3 is 0 Å². The quantitative estimate of drug-likeness (QED) is 0.677. The van der Waals surface area contributed by atoms with Gasteiger partial charge in [0.2, 0.25) is 5.95 Å². The molecule has 0 aliphatic heterocycles. The fourth-order valence-corrected chi connectivity index (χ4v) is 2.84. The van der Waals surface area contributed by atoms with E-state index in [9.17, 15) is 0 Å². The maximum absolute atomic E-state index is 6.15. The summed E-state index contributed by atoms with van der Waals surface area (Å²) >= 11 is 7.79. The second-order valence-corrected chi connectivity index (χ2v) is 6.09. The average molecular weight is 285 g/mol. The maximum atomic E-state index is 6.15. The van der Waals surface area contributed by atoms with Crippen molar-refractivity contribution >= 4 is 39.1 Å². The molecule has 18 heavy (non-hydrogen) atoms. The van der Waals surface area contributed by atoms with Crippen molar-refractivity contribution in [3.8, 4) is 0 Å². The molecule has 2 aromatic rings. The molecule has 98 valence electrons. The van der Waals surface area contributed by atoms with Crippen LogP contribution in [-0.4, -0.2) is 42.1 Å². The van der Waals surface area contributed by atoms with Crippen LogP contribution in [-0.2, 0) is 0 Å². The van der Waals surface area contributed by atoms with Gasteiger partial charge in [0.15, 0.2) is 0 Å². The highest BCUT2D eigenvalue weighted by molar-refractivity contribution is 7.18. The van der Waals surface area contributed by atoms with E-state index < -0.39 is 0 Å². The van der Waals surface area contributed by atoms with Gasteiger partial charge in [0.05, 0.1) is 0 Å². The van der Waals surface area contributed by atoms with Crippen LogP contribution in [0.1, 0.15) is 11.3 Å². The van der Waals surface area contributed by atoms with Gasteiger partial charge in [0.25, 0.3) is 0 Å². The zero-order valence-corrected chi connectivity index (χ0v) is 12.4. The van der Waals surface area contributed by atoms with Crippen molar-refractivity contribution in [3.63, 3.8) is 0 Å². The minimum absolute atomic E-state index is 0.527. The number of anilines is 1. The van der Waals surface area contributed by atoms with Crippen LogP contribution in [0.5, 0.6) is 0 Å². The number of thiophene rings is 1. The predicted molar refractivity (Wildman–Crippen MR) is 78.8 cm³/mol. The lowest BCUT2D eigenvalue weighted by molar-refractivity contribution is 0.405. The Hall–Kier alpha value is -0.910. The Morgan fingerprint density at radius 3 is 2.89 bits per heavy atom. The van der Waals surface area contributed by atoms with E-state index in [-0.39, 0.29) is 0 Å². The third-order valence-corrected chi connectivity index (χ3v) is 3.77. The molecule has 0 atom stereocenters. The van der Waals surface area contributed by atoms with Crippen LogP contribution in [0.4, 0.5) is 5.95 Å². The average Bonchev–Trinajstić information content (AvgIpc) is 2.65. The smallest absolute Gasteiger partial charge is 0.225 e. The molecule has 1 N–H and O–H groups in total. The fraction of sp³-hybridized carbons (Fsp3) is 0.500. The van der Waals surface area contributed by atoms with Crippen LogP contribution >= 0.6 is 22.9 Å². The summed E-state index contributed by atoms with van der Waals surface area (Å²) in [6.45, 7) is 3.94. The lowest BCUT2D eigenvalue weighted by Crippen LogP contribution is -2.17. The number of nitrogens with one attached hydrogen (secondary N) is 1. The molecule has 4 nitrogen and oxygen atoms in total. The molecule has 0 unspecified atom stereocenters. The Labute approximate surface area is 116 Å².